The van der Waals surface area contributed by atoms with Gasteiger partial charge in [-0.3, -0.25) is 4.79 Å². The first-order valence-corrected chi connectivity index (χ1v) is 9.04. The van der Waals surface area contributed by atoms with Gasteiger partial charge in [0.2, 0.25) is 0 Å². The maximum atomic E-state index is 12.3. The first kappa shape index (κ1) is 20.5. The average molecular weight is 375 g/mol. The third kappa shape index (κ3) is 4.67. The van der Waals surface area contributed by atoms with Crippen LogP contribution in [-0.4, -0.2) is 29.1 Å². The van der Waals surface area contributed by atoms with Crippen molar-refractivity contribution in [2.75, 3.05) is 0 Å². The second-order valence-corrected chi connectivity index (χ2v) is 6.46. The van der Waals surface area contributed by atoms with E-state index >= 15 is 0 Å². The van der Waals surface area contributed by atoms with Crippen LogP contribution >= 0.6 is 0 Å². The van der Waals surface area contributed by atoms with Crippen molar-refractivity contribution in [3.63, 3.8) is 0 Å². The number of benzene rings is 1. The number of hydrogen-bond acceptors (Lipinski definition) is 5. The molecule has 0 unspecified atom stereocenters. The number of ether oxygens (including phenoxy) is 1. The first-order valence-electron chi connectivity index (χ1n) is 9.04. The molecule has 7 nitrogen and oxygen atoms in total. The van der Waals surface area contributed by atoms with Gasteiger partial charge in [-0.05, 0) is 44.4 Å². The molecule has 27 heavy (non-hydrogen) atoms. The Morgan fingerprint density at radius 2 is 2.00 bits per heavy atom. The topological polar surface area (TPSA) is 106 Å². The van der Waals surface area contributed by atoms with Crippen molar-refractivity contribution in [3.05, 3.63) is 39.7 Å². The molecule has 1 aromatic heterocycles. The third-order valence-electron chi connectivity index (χ3n) is 4.44. The molecule has 7 heteroatoms. The summed E-state index contributed by atoms with van der Waals surface area (Å²) in [6, 6.07) is 4.04. The van der Waals surface area contributed by atoms with Gasteiger partial charge in [-0.15, -0.1) is 0 Å². The van der Waals surface area contributed by atoms with Gasteiger partial charge in [0.15, 0.2) is 6.10 Å². The van der Waals surface area contributed by atoms with Crippen LogP contribution in [-0.2, 0) is 16.0 Å². The number of aliphatic carboxylic acids is 1. The van der Waals surface area contributed by atoms with E-state index in [0.29, 0.717) is 36.2 Å². The minimum Gasteiger partial charge on any atom is -0.480 e. The zero-order chi connectivity index (χ0) is 20.1. The second kappa shape index (κ2) is 8.70. The lowest BCUT2D eigenvalue weighted by Crippen LogP contribution is -2.46. The second-order valence-electron chi connectivity index (χ2n) is 6.46. The summed E-state index contributed by atoms with van der Waals surface area (Å²) in [5, 5.41) is 12.5. The Kier molecular flexibility index (Phi) is 6.60. The molecule has 1 amide bonds. The van der Waals surface area contributed by atoms with Gasteiger partial charge < -0.3 is 19.6 Å². The quantitative estimate of drug-likeness (QED) is 0.687. The molecule has 0 fully saturated rings. The first-order chi connectivity index (χ1) is 12.8. The zero-order valence-corrected chi connectivity index (χ0v) is 16.0. The SMILES string of the molecule is CCC[C@@H](NC(=O)[C@@H](C)Oc1ccc2c(CC)cc(=O)oc2c1C)C(=O)O. The van der Waals surface area contributed by atoms with Crippen LogP contribution in [0.1, 0.15) is 44.7 Å². The maximum Gasteiger partial charge on any atom is 0.336 e. The molecule has 0 aliphatic carbocycles. The normalized spacial score (nSPS) is 13.2. The molecular weight excluding hydrogens is 350 g/mol. The summed E-state index contributed by atoms with van der Waals surface area (Å²) in [6.45, 7) is 7.10. The number of fused-ring (bicyclic) bond motifs is 1. The molecule has 0 bridgehead atoms. The fraction of sp³-hybridized carbons (Fsp3) is 0.450. The van der Waals surface area contributed by atoms with Gasteiger partial charge in [0.05, 0.1) is 0 Å². The van der Waals surface area contributed by atoms with Gasteiger partial charge in [0.1, 0.15) is 17.4 Å². The van der Waals surface area contributed by atoms with E-state index in [1.165, 1.54) is 6.07 Å². The Hall–Kier alpha value is -2.83. The third-order valence-corrected chi connectivity index (χ3v) is 4.44. The summed E-state index contributed by atoms with van der Waals surface area (Å²) in [6.07, 6.45) is 0.762. The van der Waals surface area contributed by atoms with Crippen LogP contribution in [0.3, 0.4) is 0 Å². The van der Waals surface area contributed by atoms with Crippen molar-refractivity contribution in [1.29, 1.82) is 0 Å². The van der Waals surface area contributed by atoms with Crippen molar-refractivity contribution in [1.82, 2.24) is 5.32 Å². The molecule has 0 aliphatic rings. The van der Waals surface area contributed by atoms with Gasteiger partial charge >= 0.3 is 11.6 Å². The van der Waals surface area contributed by atoms with E-state index in [4.69, 9.17) is 14.3 Å². The molecule has 146 valence electrons. The molecule has 2 aromatic rings. The molecular formula is C20H25NO6. The van der Waals surface area contributed by atoms with Crippen molar-refractivity contribution >= 4 is 22.8 Å². The standard InChI is InChI=1S/C20H25NO6/c1-5-7-15(20(24)25)21-19(23)12(4)26-16-9-8-14-13(6-2)10-17(22)27-18(14)11(16)3/h8-10,12,15H,5-7H2,1-4H3,(H,21,23)(H,24,25)/t12-,15-/m1/s1. The molecule has 1 heterocycles. The number of aryl methyl sites for hydroxylation is 2. The monoisotopic (exact) mass is 375 g/mol. The highest BCUT2D eigenvalue weighted by Crippen LogP contribution is 2.29. The fourth-order valence-corrected chi connectivity index (χ4v) is 2.91. The van der Waals surface area contributed by atoms with E-state index in [1.54, 1.807) is 26.0 Å². The minimum atomic E-state index is -1.08. The molecule has 2 atom stereocenters. The smallest absolute Gasteiger partial charge is 0.336 e. The van der Waals surface area contributed by atoms with Crippen LogP contribution in [0.25, 0.3) is 11.0 Å². The van der Waals surface area contributed by atoms with Gasteiger partial charge in [0, 0.05) is 17.0 Å². The highest BCUT2D eigenvalue weighted by atomic mass is 16.5. The molecule has 0 saturated carbocycles. The molecule has 0 aliphatic heterocycles. The highest BCUT2D eigenvalue weighted by molar-refractivity contribution is 5.87. The summed E-state index contributed by atoms with van der Waals surface area (Å²) in [5.74, 6) is -1.18. The van der Waals surface area contributed by atoms with Crippen LogP contribution in [0.5, 0.6) is 5.75 Å². The van der Waals surface area contributed by atoms with Gasteiger partial charge in [-0.1, -0.05) is 20.3 Å². The van der Waals surface area contributed by atoms with Crippen LogP contribution in [0.4, 0.5) is 0 Å². The lowest BCUT2D eigenvalue weighted by atomic mass is 10.0. The number of nitrogens with one attached hydrogen (secondary N) is 1. The Balaban J connectivity index is 2.25. The molecule has 1 aromatic carbocycles. The fourth-order valence-electron chi connectivity index (χ4n) is 2.91. The molecule has 0 radical (unpaired) electrons. The minimum absolute atomic E-state index is 0.341. The lowest BCUT2D eigenvalue weighted by molar-refractivity contribution is -0.143. The number of carboxylic acid groups (broad SMARTS) is 1. The Labute approximate surface area is 157 Å². The molecule has 2 rings (SSSR count). The molecule has 0 spiro atoms. The summed E-state index contributed by atoms with van der Waals surface area (Å²) >= 11 is 0. The molecule has 2 N–H and O–H groups in total. The van der Waals surface area contributed by atoms with Crippen LogP contribution in [0, 0.1) is 6.92 Å². The number of rotatable bonds is 8. The number of carbonyl (C=O) groups is 2. The van der Waals surface area contributed by atoms with E-state index in [0.717, 1.165) is 10.9 Å². The van der Waals surface area contributed by atoms with Crippen molar-refractivity contribution in [2.45, 2.75) is 59.1 Å². The zero-order valence-electron chi connectivity index (χ0n) is 16.0. The lowest BCUT2D eigenvalue weighted by Gasteiger charge is -2.19. The van der Waals surface area contributed by atoms with Crippen molar-refractivity contribution in [2.24, 2.45) is 0 Å². The maximum absolute atomic E-state index is 12.3. The van der Waals surface area contributed by atoms with Crippen molar-refractivity contribution < 1.29 is 23.8 Å². The van der Waals surface area contributed by atoms with Gasteiger partial charge in [-0.25, -0.2) is 9.59 Å². The van der Waals surface area contributed by atoms with E-state index < -0.39 is 29.6 Å². The van der Waals surface area contributed by atoms with Crippen molar-refractivity contribution in [3.8, 4) is 5.75 Å². The highest BCUT2D eigenvalue weighted by Gasteiger charge is 2.24. The van der Waals surface area contributed by atoms with E-state index in [2.05, 4.69) is 5.32 Å². The number of carboxylic acids is 1. The predicted molar refractivity (Wildman–Crippen MR) is 101 cm³/mol. The van der Waals surface area contributed by atoms with Gasteiger partial charge in [-0.2, -0.15) is 0 Å². The Morgan fingerprint density at radius 3 is 2.59 bits per heavy atom. The number of carbonyl (C=O) groups excluding carboxylic acids is 1. The van der Waals surface area contributed by atoms with Gasteiger partial charge in [0.25, 0.3) is 5.91 Å². The number of amides is 1. The van der Waals surface area contributed by atoms with E-state index in [1.807, 2.05) is 13.8 Å². The summed E-state index contributed by atoms with van der Waals surface area (Å²) < 4.78 is 11.1. The predicted octanol–water partition coefficient (Wildman–Crippen LogP) is 2.80. The Morgan fingerprint density at radius 1 is 1.30 bits per heavy atom. The summed E-state index contributed by atoms with van der Waals surface area (Å²) in [4.78, 5) is 35.3. The van der Waals surface area contributed by atoms with E-state index in [-0.39, 0.29) is 0 Å². The summed E-state index contributed by atoms with van der Waals surface area (Å²) in [7, 11) is 0. The largest absolute Gasteiger partial charge is 0.480 e. The summed E-state index contributed by atoms with van der Waals surface area (Å²) in [5.41, 5.74) is 1.49. The average Bonchev–Trinajstić information content (AvgIpc) is 2.63. The Bertz CT molecular complexity index is 901. The van der Waals surface area contributed by atoms with E-state index in [9.17, 15) is 14.4 Å². The number of hydrogen-bond donors (Lipinski definition) is 2. The van der Waals surface area contributed by atoms with Crippen LogP contribution < -0.4 is 15.7 Å². The van der Waals surface area contributed by atoms with Crippen LogP contribution in [0.2, 0.25) is 0 Å². The van der Waals surface area contributed by atoms with Crippen LogP contribution in [0.15, 0.2) is 27.4 Å². The molecule has 0 saturated heterocycles.